The van der Waals surface area contributed by atoms with Crippen molar-refractivity contribution in [3.8, 4) is 0 Å². The van der Waals surface area contributed by atoms with E-state index in [1.807, 2.05) is 0 Å². The van der Waals surface area contributed by atoms with E-state index >= 15 is 0 Å². The standard InChI is InChI=1S/C16H13NO5S/c1-21-16(19)9-3-5-13-11(7-9)15(18)12-8-10(23(2,17)20)4-6-14(12)22-13/h3-8,17H,1-2H3. The van der Waals surface area contributed by atoms with Crippen molar-refractivity contribution < 1.29 is 18.2 Å². The van der Waals surface area contributed by atoms with Gasteiger partial charge in [-0.2, -0.15) is 0 Å². The SMILES string of the molecule is COC(=O)c1ccc2oc3ccc(S(C)(=N)=O)cc3c(=O)c2c1. The number of hydrogen-bond donors (Lipinski definition) is 1. The average Bonchev–Trinajstić information content (AvgIpc) is 2.53. The van der Waals surface area contributed by atoms with Crippen LogP contribution in [0.5, 0.6) is 0 Å². The zero-order chi connectivity index (χ0) is 16.8. The molecule has 1 atom stereocenters. The predicted molar refractivity (Wildman–Crippen MR) is 86.4 cm³/mol. The summed E-state index contributed by atoms with van der Waals surface area (Å²) in [5.41, 5.74) is 0.562. The normalized spacial score (nSPS) is 13.8. The molecule has 0 saturated carbocycles. The van der Waals surface area contributed by atoms with Crippen molar-refractivity contribution in [1.82, 2.24) is 0 Å². The molecular weight excluding hydrogens is 318 g/mol. The Bertz CT molecular complexity index is 1110. The summed E-state index contributed by atoms with van der Waals surface area (Å²) >= 11 is 0. The Balaban J connectivity index is 2.38. The second-order valence-electron chi connectivity index (χ2n) is 5.14. The molecule has 118 valence electrons. The second-order valence-corrected chi connectivity index (χ2v) is 7.29. The van der Waals surface area contributed by atoms with Crippen LogP contribution >= 0.6 is 0 Å². The minimum atomic E-state index is -2.94. The van der Waals surface area contributed by atoms with Gasteiger partial charge in [0.15, 0.2) is 0 Å². The molecule has 1 aromatic heterocycles. The fourth-order valence-electron chi connectivity index (χ4n) is 2.32. The Hall–Kier alpha value is -2.67. The van der Waals surface area contributed by atoms with Crippen LogP contribution in [0, 0.1) is 4.78 Å². The Kier molecular flexibility index (Phi) is 3.45. The second kappa shape index (κ2) is 5.20. The van der Waals surface area contributed by atoms with Crippen LogP contribution < -0.4 is 5.43 Å². The van der Waals surface area contributed by atoms with E-state index in [9.17, 15) is 13.8 Å². The van der Waals surface area contributed by atoms with Crippen LogP contribution in [0.15, 0.2) is 50.5 Å². The van der Waals surface area contributed by atoms with Gasteiger partial charge in [-0.25, -0.2) is 13.8 Å². The summed E-state index contributed by atoms with van der Waals surface area (Å²) < 4.78 is 29.8. The predicted octanol–water partition coefficient (Wildman–Crippen LogP) is 2.77. The van der Waals surface area contributed by atoms with Crippen LogP contribution in [-0.2, 0) is 14.5 Å². The first kappa shape index (κ1) is 15.2. The molecule has 0 spiro atoms. The molecule has 1 unspecified atom stereocenters. The molecule has 0 bridgehead atoms. The van der Waals surface area contributed by atoms with Crippen molar-refractivity contribution >= 4 is 37.6 Å². The molecule has 3 rings (SSSR count). The highest BCUT2D eigenvalue weighted by molar-refractivity contribution is 7.91. The molecule has 0 aliphatic rings. The summed E-state index contributed by atoms with van der Waals surface area (Å²) in [7, 11) is -1.69. The van der Waals surface area contributed by atoms with Gasteiger partial charge in [0.25, 0.3) is 0 Å². The number of esters is 1. The molecule has 6 nitrogen and oxygen atoms in total. The lowest BCUT2D eigenvalue weighted by Crippen LogP contribution is -2.07. The number of hydrogen-bond acceptors (Lipinski definition) is 6. The molecule has 0 radical (unpaired) electrons. The number of carbonyl (C=O) groups is 1. The van der Waals surface area contributed by atoms with Crippen molar-refractivity contribution in [2.24, 2.45) is 0 Å². The maximum atomic E-state index is 12.7. The van der Waals surface area contributed by atoms with Gasteiger partial charge >= 0.3 is 5.97 Å². The molecule has 0 fully saturated rings. The summed E-state index contributed by atoms with van der Waals surface area (Å²) in [6.07, 6.45) is 1.28. The van der Waals surface area contributed by atoms with E-state index in [0.29, 0.717) is 11.2 Å². The molecule has 0 aliphatic carbocycles. The van der Waals surface area contributed by atoms with Gasteiger partial charge in [0.1, 0.15) is 11.2 Å². The van der Waals surface area contributed by atoms with Crippen LogP contribution in [0.4, 0.5) is 0 Å². The van der Waals surface area contributed by atoms with E-state index in [2.05, 4.69) is 4.74 Å². The van der Waals surface area contributed by atoms with E-state index in [4.69, 9.17) is 9.20 Å². The zero-order valence-electron chi connectivity index (χ0n) is 12.4. The smallest absolute Gasteiger partial charge is 0.337 e. The van der Waals surface area contributed by atoms with E-state index in [-0.39, 0.29) is 26.7 Å². The third-order valence-electron chi connectivity index (χ3n) is 3.51. The molecule has 3 aromatic rings. The van der Waals surface area contributed by atoms with Crippen molar-refractivity contribution in [3.05, 3.63) is 52.2 Å². The van der Waals surface area contributed by atoms with E-state index in [0.717, 1.165) is 0 Å². The highest BCUT2D eigenvalue weighted by Crippen LogP contribution is 2.22. The van der Waals surface area contributed by atoms with Gasteiger partial charge in [-0.3, -0.25) is 4.79 Å². The molecule has 7 heteroatoms. The molecule has 0 saturated heterocycles. The number of benzene rings is 2. The van der Waals surface area contributed by atoms with Crippen molar-refractivity contribution in [1.29, 1.82) is 4.78 Å². The summed E-state index contributed by atoms with van der Waals surface area (Å²) in [5, 5.41) is 0.448. The molecule has 0 amide bonds. The van der Waals surface area contributed by atoms with Crippen LogP contribution in [-0.4, -0.2) is 23.5 Å². The third-order valence-corrected chi connectivity index (χ3v) is 4.66. The van der Waals surface area contributed by atoms with Crippen LogP contribution in [0.25, 0.3) is 21.9 Å². The lowest BCUT2D eigenvalue weighted by Gasteiger charge is -2.06. The molecule has 1 N–H and O–H groups in total. The lowest BCUT2D eigenvalue weighted by atomic mass is 10.1. The number of methoxy groups -OCH3 is 1. The summed E-state index contributed by atoms with van der Waals surface area (Å²) in [6, 6.07) is 8.89. The van der Waals surface area contributed by atoms with Crippen LogP contribution in [0.2, 0.25) is 0 Å². The number of ether oxygens (including phenoxy) is 1. The number of rotatable bonds is 2. The number of fused-ring (bicyclic) bond motifs is 2. The molecular formula is C16H13NO5S. The largest absolute Gasteiger partial charge is 0.465 e. The van der Waals surface area contributed by atoms with E-state index < -0.39 is 15.7 Å². The fourth-order valence-corrected chi connectivity index (χ4v) is 2.99. The van der Waals surface area contributed by atoms with Crippen molar-refractivity contribution in [2.75, 3.05) is 13.4 Å². The lowest BCUT2D eigenvalue weighted by molar-refractivity contribution is 0.0601. The van der Waals surface area contributed by atoms with Gasteiger partial charge in [-0.1, -0.05) is 0 Å². The Labute approximate surface area is 131 Å². The maximum absolute atomic E-state index is 12.7. The van der Waals surface area contributed by atoms with Crippen LogP contribution in [0.3, 0.4) is 0 Å². The van der Waals surface area contributed by atoms with Crippen molar-refractivity contribution in [3.63, 3.8) is 0 Å². The highest BCUT2D eigenvalue weighted by Gasteiger charge is 2.13. The molecule has 1 heterocycles. The van der Waals surface area contributed by atoms with Gasteiger partial charge in [0, 0.05) is 11.2 Å². The van der Waals surface area contributed by atoms with Crippen LogP contribution in [0.1, 0.15) is 10.4 Å². The minimum Gasteiger partial charge on any atom is -0.465 e. The zero-order valence-corrected chi connectivity index (χ0v) is 13.2. The number of carbonyl (C=O) groups excluding carboxylic acids is 1. The van der Waals surface area contributed by atoms with Gasteiger partial charge in [0.05, 0.1) is 33.2 Å². The molecule has 23 heavy (non-hydrogen) atoms. The third kappa shape index (κ3) is 2.59. The summed E-state index contributed by atoms with van der Waals surface area (Å²) in [5.74, 6) is -0.553. The Morgan fingerprint density at radius 2 is 1.74 bits per heavy atom. The first-order chi connectivity index (χ1) is 10.8. The Morgan fingerprint density at radius 1 is 1.13 bits per heavy atom. The topological polar surface area (TPSA) is 97.4 Å². The highest BCUT2D eigenvalue weighted by atomic mass is 32.2. The Morgan fingerprint density at radius 3 is 2.35 bits per heavy atom. The molecule has 2 aromatic carbocycles. The van der Waals surface area contributed by atoms with Crippen molar-refractivity contribution in [2.45, 2.75) is 4.90 Å². The van der Waals surface area contributed by atoms with Gasteiger partial charge in [-0.05, 0) is 36.4 Å². The summed E-state index contributed by atoms with van der Waals surface area (Å²) in [6.45, 7) is 0. The first-order valence-electron chi connectivity index (χ1n) is 6.64. The average molecular weight is 331 g/mol. The summed E-state index contributed by atoms with van der Waals surface area (Å²) in [4.78, 5) is 24.5. The minimum absolute atomic E-state index is 0.221. The van der Waals surface area contributed by atoms with E-state index in [1.54, 1.807) is 0 Å². The van der Waals surface area contributed by atoms with Gasteiger partial charge in [-0.15, -0.1) is 0 Å². The fraction of sp³-hybridized carbons (Fsp3) is 0.125. The monoisotopic (exact) mass is 331 g/mol. The van der Waals surface area contributed by atoms with Gasteiger partial charge in [0.2, 0.25) is 5.43 Å². The van der Waals surface area contributed by atoms with E-state index in [1.165, 1.54) is 49.8 Å². The quantitative estimate of drug-likeness (QED) is 0.575. The molecule has 0 aliphatic heterocycles. The number of nitrogens with one attached hydrogen (secondary N) is 1. The van der Waals surface area contributed by atoms with Gasteiger partial charge < -0.3 is 9.15 Å². The first-order valence-corrected chi connectivity index (χ1v) is 8.60. The maximum Gasteiger partial charge on any atom is 0.337 e.